The summed E-state index contributed by atoms with van der Waals surface area (Å²) < 4.78 is 18.4. The van der Waals surface area contributed by atoms with Crippen molar-refractivity contribution in [3.8, 4) is 0 Å². The minimum atomic E-state index is -0.478. The van der Waals surface area contributed by atoms with E-state index in [4.69, 9.17) is 9.84 Å². The Balaban J connectivity index is 2.39. The van der Waals surface area contributed by atoms with Crippen LogP contribution >= 0.6 is 15.9 Å². The van der Waals surface area contributed by atoms with Crippen molar-refractivity contribution in [3.05, 3.63) is 34.1 Å². The summed E-state index contributed by atoms with van der Waals surface area (Å²) in [6.45, 7) is 0.816. The summed E-state index contributed by atoms with van der Waals surface area (Å²) in [6.07, 6.45) is 0. The number of carbonyl (C=O) groups is 1. The number of aliphatic hydroxyl groups is 1. The molecule has 0 saturated heterocycles. The van der Waals surface area contributed by atoms with E-state index < -0.39 is 5.82 Å². The molecule has 0 radical (unpaired) electrons. The molecule has 0 heterocycles. The monoisotopic (exact) mass is 305 g/mol. The van der Waals surface area contributed by atoms with Gasteiger partial charge in [0.2, 0.25) is 0 Å². The van der Waals surface area contributed by atoms with Crippen LogP contribution in [-0.4, -0.2) is 37.4 Å². The average molecular weight is 306 g/mol. The molecule has 6 heteroatoms. The summed E-state index contributed by atoms with van der Waals surface area (Å²) in [4.78, 5) is 11.5. The molecule has 0 aliphatic carbocycles. The average Bonchev–Trinajstić information content (AvgIpc) is 2.32. The molecule has 17 heavy (non-hydrogen) atoms. The number of ether oxygens (including phenoxy) is 1. The maximum absolute atomic E-state index is 13.1. The van der Waals surface area contributed by atoms with Crippen molar-refractivity contribution in [3.63, 3.8) is 0 Å². The summed E-state index contributed by atoms with van der Waals surface area (Å²) >= 11 is 3.01. The van der Waals surface area contributed by atoms with Gasteiger partial charge in [-0.1, -0.05) is 0 Å². The van der Waals surface area contributed by atoms with Crippen LogP contribution in [0.1, 0.15) is 10.4 Å². The molecular weight excluding hydrogens is 293 g/mol. The molecule has 0 spiro atoms. The number of aliphatic hydroxyl groups excluding tert-OH is 1. The summed E-state index contributed by atoms with van der Waals surface area (Å²) in [5.74, 6) is -0.835. The summed E-state index contributed by atoms with van der Waals surface area (Å²) in [5.41, 5.74) is 0.257. The minimum absolute atomic E-state index is 0.0497. The molecule has 94 valence electrons. The van der Waals surface area contributed by atoms with Gasteiger partial charge in [-0.05, 0) is 34.1 Å². The lowest BCUT2D eigenvalue weighted by molar-refractivity contribution is 0.0838. The van der Waals surface area contributed by atoms with Crippen molar-refractivity contribution < 1.29 is 19.0 Å². The first kappa shape index (κ1) is 14.1. The van der Waals surface area contributed by atoms with Gasteiger partial charge in [0.15, 0.2) is 0 Å². The minimum Gasteiger partial charge on any atom is -0.394 e. The number of hydrogen-bond donors (Lipinski definition) is 2. The van der Waals surface area contributed by atoms with Crippen molar-refractivity contribution in [2.75, 3.05) is 26.4 Å². The largest absolute Gasteiger partial charge is 0.394 e. The highest BCUT2D eigenvalue weighted by Gasteiger charge is 2.07. The van der Waals surface area contributed by atoms with Crippen molar-refractivity contribution >= 4 is 21.8 Å². The number of carbonyl (C=O) groups excluding carboxylic acids is 1. The molecule has 0 unspecified atom stereocenters. The molecule has 1 aromatic rings. The van der Waals surface area contributed by atoms with Crippen molar-refractivity contribution in [1.29, 1.82) is 0 Å². The Bertz CT molecular complexity index is 387. The van der Waals surface area contributed by atoms with Crippen LogP contribution in [0.3, 0.4) is 0 Å². The van der Waals surface area contributed by atoms with E-state index in [1.807, 2.05) is 0 Å². The fraction of sp³-hybridized carbons (Fsp3) is 0.364. The van der Waals surface area contributed by atoms with Crippen LogP contribution in [0.2, 0.25) is 0 Å². The van der Waals surface area contributed by atoms with Crippen LogP contribution in [0.4, 0.5) is 4.39 Å². The predicted octanol–water partition coefficient (Wildman–Crippen LogP) is 1.33. The van der Waals surface area contributed by atoms with E-state index in [0.29, 0.717) is 17.6 Å². The summed E-state index contributed by atoms with van der Waals surface area (Å²) in [5, 5.41) is 11.0. The third-order valence-electron chi connectivity index (χ3n) is 1.95. The Morgan fingerprint density at radius 2 is 2.24 bits per heavy atom. The van der Waals surface area contributed by atoms with E-state index in [-0.39, 0.29) is 24.7 Å². The van der Waals surface area contributed by atoms with Gasteiger partial charge in [0, 0.05) is 12.1 Å². The molecule has 4 nitrogen and oxygen atoms in total. The van der Waals surface area contributed by atoms with Crippen molar-refractivity contribution in [2.24, 2.45) is 0 Å². The first-order valence-corrected chi connectivity index (χ1v) is 5.86. The molecule has 0 atom stereocenters. The van der Waals surface area contributed by atoms with E-state index in [1.54, 1.807) is 0 Å². The summed E-state index contributed by atoms with van der Waals surface area (Å²) in [6, 6.07) is 4.16. The molecule has 1 rings (SSSR count). The molecule has 0 aliphatic rings. The van der Waals surface area contributed by atoms with Crippen LogP contribution in [-0.2, 0) is 4.74 Å². The maximum atomic E-state index is 13.1. The molecule has 1 amide bonds. The molecule has 0 aromatic heterocycles. The Hall–Kier alpha value is -0.980. The first-order chi connectivity index (χ1) is 8.15. The zero-order valence-corrected chi connectivity index (χ0v) is 10.7. The van der Waals surface area contributed by atoms with Gasteiger partial charge in [0.1, 0.15) is 5.82 Å². The SMILES string of the molecule is O=C(NCCOCCO)c1ccc(Br)c(F)c1. The predicted molar refractivity (Wildman–Crippen MR) is 64.3 cm³/mol. The van der Waals surface area contributed by atoms with Crippen molar-refractivity contribution in [2.45, 2.75) is 0 Å². The second-order valence-electron chi connectivity index (χ2n) is 3.22. The Kier molecular flexibility index (Phi) is 6.10. The smallest absolute Gasteiger partial charge is 0.251 e. The molecule has 0 aliphatic heterocycles. The molecule has 0 fully saturated rings. The van der Waals surface area contributed by atoms with Gasteiger partial charge in [-0.2, -0.15) is 0 Å². The fourth-order valence-corrected chi connectivity index (χ4v) is 1.39. The van der Waals surface area contributed by atoms with E-state index in [0.717, 1.165) is 6.07 Å². The number of hydrogen-bond acceptors (Lipinski definition) is 3. The number of halogens is 2. The van der Waals surface area contributed by atoms with Crippen LogP contribution in [0.5, 0.6) is 0 Å². The lowest BCUT2D eigenvalue weighted by Gasteiger charge is -2.06. The van der Waals surface area contributed by atoms with E-state index in [1.165, 1.54) is 12.1 Å². The number of rotatable bonds is 6. The standard InChI is InChI=1S/C11H13BrFNO3/c12-9-2-1-8(7-10(9)13)11(16)14-3-5-17-6-4-15/h1-2,7,15H,3-6H2,(H,14,16). The highest BCUT2D eigenvalue weighted by Crippen LogP contribution is 2.16. The highest BCUT2D eigenvalue weighted by atomic mass is 79.9. The van der Waals surface area contributed by atoms with Crippen molar-refractivity contribution in [1.82, 2.24) is 5.32 Å². The van der Waals surface area contributed by atoms with E-state index in [9.17, 15) is 9.18 Å². The van der Waals surface area contributed by atoms with Gasteiger partial charge >= 0.3 is 0 Å². The molecule has 0 saturated carbocycles. The molecule has 1 aromatic carbocycles. The second-order valence-corrected chi connectivity index (χ2v) is 4.08. The van der Waals surface area contributed by atoms with E-state index in [2.05, 4.69) is 21.2 Å². The lowest BCUT2D eigenvalue weighted by Crippen LogP contribution is -2.27. The number of benzene rings is 1. The van der Waals surface area contributed by atoms with Gasteiger partial charge in [0.05, 0.1) is 24.3 Å². The van der Waals surface area contributed by atoms with E-state index >= 15 is 0 Å². The quantitative estimate of drug-likeness (QED) is 0.780. The topological polar surface area (TPSA) is 58.6 Å². The third kappa shape index (κ3) is 4.80. The number of nitrogens with one attached hydrogen (secondary N) is 1. The Morgan fingerprint density at radius 3 is 2.88 bits per heavy atom. The van der Waals surface area contributed by atoms with Crippen LogP contribution < -0.4 is 5.32 Å². The summed E-state index contributed by atoms with van der Waals surface area (Å²) in [7, 11) is 0. The van der Waals surface area contributed by atoms with Crippen LogP contribution in [0.15, 0.2) is 22.7 Å². The van der Waals surface area contributed by atoms with Gasteiger partial charge < -0.3 is 15.2 Å². The second kappa shape index (κ2) is 7.37. The zero-order valence-electron chi connectivity index (χ0n) is 9.08. The van der Waals surface area contributed by atoms with Crippen LogP contribution in [0.25, 0.3) is 0 Å². The maximum Gasteiger partial charge on any atom is 0.251 e. The highest BCUT2D eigenvalue weighted by molar-refractivity contribution is 9.10. The lowest BCUT2D eigenvalue weighted by atomic mass is 10.2. The zero-order chi connectivity index (χ0) is 12.7. The Morgan fingerprint density at radius 1 is 1.47 bits per heavy atom. The Labute approximate surface area is 107 Å². The molecular formula is C11H13BrFNO3. The number of amides is 1. The fourth-order valence-electron chi connectivity index (χ4n) is 1.14. The van der Waals surface area contributed by atoms with Gasteiger partial charge in [-0.15, -0.1) is 0 Å². The van der Waals surface area contributed by atoms with Crippen LogP contribution in [0, 0.1) is 5.82 Å². The molecule has 2 N–H and O–H groups in total. The van der Waals surface area contributed by atoms with Gasteiger partial charge in [0.25, 0.3) is 5.91 Å². The molecule has 0 bridgehead atoms. The third-order valence-corrected chi connectivity index (χ3v) is 2.59. The van der Waals surface area contributed by atoms with Gasteiger partial charge in [-0.3, -0.25) is 4.79 Å². The first-order valence-electron chi connectivity index (χ1n) is 5.07. The normalized spacial score (nSPS) is 10.3. The van der Waals surface area contributed by atoms with Gasteiger partial charge in [-0.25, -0.2) is 4.39 Å².